The third-order valence-electron chi connectivity index (χ3n) is 3.13. The molecule has 1 aromatic rings. The van der Waals surface area contributed by atoms with Crippen LogP contribution in [-0.2, 0) is 17.8 Å². The molecule has 5 nitrogen and oxygen atoms in total. The lowest BCUT2D eigenvalue weighted by Crippen LogP contribution is -2.20. The van der Waals surface area contributed by atoms with E-state index < -0.39 is 0 Å². The maximum Gasteiger partial charge on any atom is 0.164 e. The number of rotatable bonds is 6. The van der Waals surface area contributed by atoms with Gasteiger partial charge in [-0.05, 0) is 32.2 Å². The number of hydrogen-bond donors (Lipinski definition) is 1. The second-order valence-corrected chi connectivity index (χ2v) is 5.55. The Bertz CT molecular complexity index is 364. The van der Waals surface area contributed by atoms with Gasteiger partial charge in [-0.15, -0.1) is 0 Å². The van der Waals surface area contributed by atoms with Gasteiger partial charge in [0, 0.05) is 0 Å². The molecule has 2 heterocycles. The predicted octanol–water partition coefficient (Wildman–Crippen LogP) is 1.59. The van der Waals surface area contributed by atoms with Gasteiger partial charge in [0.1, 0.15) is 6.33 Å². The molecule has 1 N–H and O–H groups in total. The Labute approximate surface area is 109 Å². The van der Waals surface area contributed by atoms with Gasteiger partial charge in [0.2, 0.25) is 0 Å². The molecule has 0 amide bonds. The van der Waals surface area contributed by atoms with E-state index in [2.05, 4.69) is 36.2 Å². The third kappa shape index (κ3) is 4.07. The van der Waals surface area contributed by atoms with Gasteiger partial charge < -0.3 is 10.1 Å². The highest BCUT2D eigenvalue weighted by molar-refractivity contribution is 4.82. The van der Waals surface area contributed by atoms with Crippen LogP contribution in [0, 0.1) is 5.92 Å². The van der Waals surface area contributed by atoms with Gasteiger partial charge in [-0.3, -0.25) is 4.68 Å². The van der Waals surface area contributed by atoms with Crippen molar-refractivity contribution in [2.24, 2.45) is 5.92 Å². The molecule has 102 valence electrons. The van der Waals surface area contributed by atoms with Gasteiger partial charge in [0.15, 0.2) is 5.82 Å². The Hall–Kier alpha value is -0.940. The summed E-state index contributed by atoms with van der Waals surface area (Å²) in [6.45, 7) is 9.07. The molecule has 1 aliphatic rings. The van der Waals surface area contributed by atoms with E-state index in [1.54, 1.807) is 6.33 Å². The van der Waals surface area contributed by atoms with Crippen LogP contribution in [0.25, 0.3) is 0 Å². The van der Waals surface area contributed by atoms with Crippen LogP contribution >= 0.6 is 0 Å². The van der Waals surface area contributed by atoms with Crippen molar-refractivity contribution in [2.75, 3.05) is 6.54 Å². The van der Waals surface area contributed by atoms with Crippen molar-refractivity contribution in [1.82, 2.24) is 20.1 Å². The monoisotopic (exact) mass is 252 g/mol. The van der Waals surface area contributed by atoms with Gasteiger partial charge in [-0.25, -0.2) is 4.98 Å². The number of nitrogens with one attached hydrogen (secondary N) is 1. The lowest BCUT2D eigenvalue weighted by atomic mass is 10.2. The highest BCUT2D eigenvalue weighted by atomic mass is 16.5. The first-order valence-corrected chi connectivity index (χ1v) is 6.88. The highest BCUT2D eigenvalue weighted by Crippen LogP contribution is 2.19. The molecule has 5 heteroatoms. The van der Waals surface area contributed by atoms with Gasteiger partial charge in [-0.1, -0.05) is 13.8 Å². The molecule has 18 heavy (non-hydrogen) atoms. The molecule has 0 aromatic carbocycles. The molecule has 1 aliphatic heterocycles. The summed E-state index contributed by atoms with van der Waals surface area (Å²) < 4.78 is 7.68. The Morgan fingerprint density at radius 1 is 1.50 bits per heavy atom. The minimum Gasteiger partial charge on any atom is -0.373 e. The molecule has 1 fully saturated rings. The molecule has 2 atom stereocenters. The van der Waals surface area contributed by atoms with Crippen LogP contribution in [0.4, 0.5) is 0 Å². The van der Waals surface area contributed by atoms with E-state index >= 15 is 0 Å². The Kier molecular flexibility index (Phi) is 4.72. The zero-order valence-corrected chi connectivity index (χ0v) is 11.6. The summed E-state index contributed by atoms with van der Waals surface area (Å²) in [6, 6.07) is 0. The summed E-state index contributed by atoms with van der Waals surface area (Å²) in [6.07, 6.45) is 4.78. The van der Waals surface area contributed by atoms with Crippen LogP contribution in [-0.4, -0.2) is 33.5 Å². The van der Waals surface area contributed by atoms with Crippen molar-refractivity contribution in [2.45, 2.75) is 58.9 Å². The quantitative estimate of drug-likeness (QED) is 0.835. The molecule has 0 aliphatic carbocycles. The largest absolute Gasteiger partial charge is 0.373 e. The second-order valence-electron chi connectivity index (χ2n) is 5.55. The maximum atomic E-state index is 5.78. The van der Waals surface area contributed by atoms with Crippen LogP contribution in [0.15, 0.2) is 6.33 Å². The van der Waals surface area contributed by atoms with E-state index in [1.807, 2.05) is 4.68 Å². The summed E-state index contributed by atoms with van der Waals surface area (Å²) in [4.78, 5) is 4.31. The maximum absolute atomic E-state index is 5.78. The average Bonchev–Trinajstić information content (AvgIpc) is 2.89. The smallest absolute Gasteiger partial charge is 0.164 e. The van der Waals surface area contributed by atoms with Crippen LogP contribution in [0.5, 0.6) is 0 Å². The summed E-state index contributed by atoms with van der Waals surface area (Å²) >= 11 is 0. The summed E-state index contributed by atoms with van der Waals surface area (Å²) in [5, 5.41) is 7.80. The lowest BCUT2D eigenvalue weighted by Gasteiger charge is -2.10. The molecule has 2 rings (SSSR count). The van der Waals surface area contributed by atoms with Crippen LogP contribution in [0.2, 0.25) is 0 Å². The first kappa shape index (κ1) is 13.5. The minimum atomic E-state index is 0.304. The van der Waals surface area contributed by atoms with Crippen molar-refractivity contribution >= 4 is 0 Å². The van der Waals surface area contributed by atoms with E-state index in [-0.39, 0.29) is 0 Å². The molecule has 0 spiro atoms. The first-order chi connectivity index (χ1) is 8.63. The van der Waals surface area contributed by atoms with Crippen LogP contribution in [0.1, 0.15) is 39.4 Å². The van der Waals surface area contributed by atoms with Crippen molar-refractivity contribution in [1.29, 1.82) is 0 Å². The van der Waals surface area contributed by atoms with Gasteiger partial charge in [0.25, 0.3) is 0 Å². The molecular formula is C13H24N4O. The second kappa shape index (κ2) is 6.29. The lowest BCUT2D eigenvalue weighted by molar-refractivity contribution is 0.0436. The SMILES string of the molecule is CC(C)CNCc1ncn(CC2CCC(C)O2)n1. The number of nitrogens with zero attached hydrogens (tertiary/aromatic N) is 3. The topological polar surface area (TPSA) is 52.0 Å². The number of aromatic nitrogens is 3. The zero-order chi connectivity index (χ0) is 13.0. The van der Waals surface area contributed by atoms with E-state index in [0.717, 1.165) is 38.3 Å². The van der Waals surface area contributed by atoms with E-state index in [1.165, 1.54) is 0 Å². The molecular weight excluding hydrogens is 228 g/mol. The zero-order valence-electron chi connectivity index (χ0n) is 11.6. The van der Waals surface area contributed by atoms with Crippen molar-refractivity contribution < 1.29 is 4.74 Å². The van der Waals surface area contributed by atoms with E-state index in [9.17, 15) is 0 Å². The van der Waals surface area contributed by atoms with Gasteiger partial charge >= 0.3 is 0 Å². The minimum absolute atomic E-state index is 0.304. The molecule has 1 aromatic heterocycles. The van der Waals surface area contributed by atoms with E-state index in [0.29, 0.717) is 18.1 Å². The fraction of sp³-hybridized carbons (Fsp3) is 0.846. The molecule has 0 bridgehead atoms. The molecule has 0 radical (unpaired) electrons. The van der Waals surface area contributed by atoms with Crippen molar-refractivity contribution in [3.63, 3.8) is 0 Å². The number of ether oxygens (including phenoxy) is 1. The Morgan fingerprint density at radius 2 is 2.33 bits per heavy atom. The van der Waals surface area contributed by atoms with Crippen LogP contribution in [0.3, 0.4) is 0 Å². The first-order valence-electron chi connectivity index (χ1n) is 6.88. The van der Waals surface area contributed by atoms with Gasteiger partial charge in [-0.2, -0.15) is 5.10 Å². The average molecular weight is 252 g/mol. The molecule has 0 saturated carbocycles. The standard InChI is InChI=1S/C13H24N4O/c1-10(2)6-14-7-13-15-9-17(16-13)8-12-5-4-11(3)18-12/h9-12,14H,4-8H2,1-3H3. The Balaban J connectivity index is 1.75. The van der Waals surface area contributed by atoms with Crippen molar-refractivity contribution in [3.05, 3.63) is 12.2 Å². The summed E-state index contributed by atoms with van der Waals surface area (Å²) in [7, 11) is 0. The van der Waals surface area contributed by atoms with Crippen molar-refractivity contribution in [3.8, 4) is 0 Å². The van der Waals surface area contributed by atoms with Gasteiger partial charge in [0.05, 0.1) is 25.3 Å². The molecule has 2 unspecified atom stereocenters. The van der Waals surface area contributed by atoms with E-state index in [4.69, 9.17) is 4.74 Å². The highest BCUT2D eigenvalue weighted by Gasteiger charge is 2.22. The van der Waals surface area contributed by atoms with Crippen LogP contribution < -0.4 is 5.32 Å². The number of hydrogen-bond acceptors (Lipinski definition) is 4. The predicted molar refractivity (Wildman–Crippen MR) is 70.1 cm³/mol. The normalized spacial score (nSPS) is 24.0. The Morgan fingerprint density at radius 3 is 3.00 bits per heavy atom. The molecule has 1 saturated heterocycles. The summed E-state index contributed by atoms with van der Waals surface area (Å²) in [5.41, 5.74) is 0. The summed E-state index contributed by atoms with van der Waals surface area (Å²) in [5.74, 6) is 1.52. The fourth-order valence-corrected chi connectivity index (χ4v) is 2.20. The third-order valence-corrected chi connectivity index (χ3v) is 3.13. The fourth-order valence-electron chi connectivity index (χ4n) is 2.20.